The second-order valence-electron chi connectivity index (χ2n) is 6.00. The largest absolute Gasteiger partial charge is 0.534 e. The van der Waals surface area contributed by atoms with Crippen LogP contribution in [0.25, 0.3) is 0 Å². The second kappa shape index (κ2) is 6.89. The predicted molar refractivity (Wildman–Crippen MR) is 81.0 cm³/mol. The van der Waals surface area contributed by atoms with Gasteiger partial charge in [0.15, 0.2) is 5.90 Å². The molecule has 0 aromatic rings. The van der Waals surface area contributed by atoms with E-state index in [1.807, 2.05) is 19.6 Å². The number of carbonyl (C=O) groups excluding carboxylic acids is 1. The van der Waals surface area contributed by atoms with Crippen LogP contribution in [0.3, 0.4) is 0 Å². The average Bonchev–Trinajstić information content (AvgIpc) is 2.09. The van der Waals surface area contributed by atoms with Gasteiger partial charge in [-0.3, -0.25) is 4.79 Å². The van der Waals surface area contributed by atoms with Gasteiger partial charge < -0.3 is 8.85 Å². The van der Waals surface area contributed by atoms with Crippen LogP contribution in [-0.4, -0.2) is 35.0 Å². The quantitative estimate of drug-likeness (QED) is 0.326. The van der Waals surface area contributed by atoms with Crippen LogP contribution in [0.15, 0.2) is 17.6 Å². The van der Waals surface area contributed by atoms with Crippen molar-refractivity contribution < 1.29 is 13.6 Å². The molecule has 0 bridgehead atoms. The molecule has 0 spiro atoms. The van der Waals surface area contributed by atoms with E-state index in [1.165, 1.54) is 0 Å². The predicted octanol–water partition coefficient (Wildman–Crippen LogP) is 3.19. The summed E-state index contributed by atoms with van der Waals surface area (Å²) < 4.78 is 11.1. The van der Waals surface area contributed by atoms with Gasteiger partial charge in [-0.1, -0.05) is 6.08 Å². The van der Waals surface area contributed by atoms with Crippen molar-refractivity contribution in [3.8, 4) is 0 Å². The first-order chi connectivity index (χ1) is 8.03. The fourth-order valence-corrected chi connectivity index (χ4v) is 2.74. The highest BCUT2D eigenvalue weighted by atomic mass is 28.4. The lowest BCUT2D eigenvalue weighted by atomic mass is 10.4. The lowest BCUT2D eigenvalue weighted by Gasteiger charge is -2.20. The van der Waals surface area contributed by atoms with Gasteiger partial charge in [0, 0.05) is 6.42 Å². The summed E-state index contributed by atoms with van der Waals surface area (Å²) in [6.07, 6.45) is 2.27. The van der Waals surface area contributed by atoms with E-state index in [-0.39, 0.29) is 12.5 Å². The van der Waals surface area contributed by atoms with E-state index >= 15 is 0 Å². The molecule has 0 aliphatic rings. The van der Waals surface area contributed by atoms with Crippen molar-refractivity contribution in [3.63, 3.8) is 0 Å². The first-order valence-electron chi connectivity index (χ1n) is 6.08. The maximum Gasteiger partial charge on any atom is 0.314 e. The van der Waals surface area contributed by atoms with Gasteiger partial charge in [0.1, 0.15) is 6.54 Å². The minimum Gasteiger partial charge on any atom is -0.534 e. The Hall–Kier alpha value is -0.886. The minimum absolute atomic E-state index is 0.0257. The van der Waals surface area contributed by atoms with Crippen LogP contribution >= 0.6 is 0 Å². The first-order valence-corrected chi connectivity index (χ1v) is 12.9. The van der Waals surface area contributed by atoms with E-state index < -0.39 is 16.6 Å². The van der Waals surface area contributed by atoms with Gasteiger partial charge in [0.2, 0.25) is 16.6 Å². The van der Waals surface area contributed by atoms with Gasteiger partial charge in [0.05, 0.1) is 0 Å². The van der Waals surface area contributed by atoms with Crippen LogP contribution < -0.4 is 0 Å². The summed E-state index contributed by atoms with van der Waals surface area (Å²) in [4.78, 5) is 15.8. The summed E-state index contributed by atoms with van der Waals surface area (Å²) in [6, 6.07) is 0. The highest BCUT2D eigenvalue weighted by Crippen LogP contribution is 2.07. The van der Waals surface area contributed by atoms with Crippen molar-refractivity contribution in [3.05, 3.63) is 12.7 Å². The number of hydrogen-bond acceptors (Lipinski definition) is 4. The summed E-state index contributed by atoms with van der Waals surface area (Å²) in [5, 5.41) is 0. The van der Waals surface area contributed by atoms with Gasteiger partial charge in [-0.2, -0.15) is 0 Å². The Morgan fingerprint density at radius 2 is 1.61 bits per heavy atom. The Labute approximate surface area is 112 Å². The third-order valence-corrected chi connectivity index (χ3v) is 3.24. The van der Waals surface area contributed by atoms with E-state index in [0.29, 0.717) is 12.3 Å². The number of carbonyl (C=O) groups is 1. The smallest absolute Gasteiger partial charge is 0.314 e. The van der Waals surface area contributed by atoms with E-state index in [2.05, 4.69) is 31.2 Å². The molecule has 18 heavy (non-hydrogen) atoms. The molecule has 0 amide bonds. The van der Waals surface area contributed by atoms with Crippen LogP contribution in [0, 0.1) is 0 Å². The number of aliphatic imine (C=N–C) groups is 1. The van der Waals surface area contributed by atoms with Crippen LogP contribution in [0.1, 0.15) is 6.42 Å². The van der Waals surface area contributed by atoms with E-state index in [1.54, 1.807) is 6.08 Å². The van der Waals surface area contributed by atoms with E-state index in [0.717, 1.165) is 0 Å². The first kappa shape index (κ1) is 17.1. The van der Waals surface area contributed by atoms with Crippen LogP contribution in [0.4, 0.5) is 0 Å². The van der Waals surface area contributed by atoms with Crippen molar-refractivity contribution in [2.45, 2.75) is 45.7 Å². The molecule has 0 radical (unpaired) electrons. The summed E-state index contributed by atoms with van der Waals surface area (Å²) >= 11 is 0. The molecular weight excluding hydrogens is 262 g/mol. The fraction of sp³-hybridized carbons (Fsp3) is 0.667. The third-order valence-electron chi connectivity index (χ3n) is 1.55. The van der Waals surface area contributed by atoms with Crippen LogP contribution in [0.2, 0.25) is 39.3 Å². The normalized spacial score (nSPS) is 13.1. The van der Waals surface area contributed by atoms with Crippen molar-refractivity contribution >= 4 is 28.5 Å². The zero-order valence-corrected chi connectivity index (χ0v) is 14.4. The monoisotopic (exact) mass is 287 g/mol. The summed E-state index contributed by atoms with van der Waals surface area (Å²) in [5.74, 6) is 0.298. The Kier molecular flexibility index (Phi) is 6.55. The zero-order valence-electron chi connectivity index (χ0n) is 12.4. The fourth-order valence-electron chi connectivity index (χ4n) is 1.14. The molecule has 0 saturated heterocycles. The topological polar surface area (TPSA) is 47.9 Å². The van der Waals surface area contributed by atoms with Gasteiger partial charge in [-0.05, 0) is 39.3 Å². The number of hydrogen-bond donors (Lipinski definition) is 0. The van der Waals surface area contributed by atoms with Gasteiger partial charge in [-0.15, -0.1) is 6.58 Å². The standard InChI is InChI=1S/C12H25NO3Si2/c1-8-9-11(15-17(2,3)4)13-10-12(14)16-18(5,6)7/h8H,1,9-10H2,2-7H3. The third kappa shape index (κ3) is 10.3. The van der Waals surface area contributed by atoms with Crippen LogP contribution in [-0.2, 0) is 13.6 Å². The molecule has 0 fully saturated rings. The maximum absolute atomic E-state index is 11.6. The maximum atomic E-state index is 11.6. The summed E-state index contributed by atoms with van der Waals surface area (Å²) in [7, 11) is -3.53. The molecule has 0 aromatic heterocycles. The van der Waals surface area contributed by atoms with E-state index in [9.17, 15) is 4.79 Å². The average molecular weight is 288 g/mol. The summed E-state index contributed by atoms with van der Waals surface area (Å²) in [5.41, 5.74) is 0. The van der Waals surface area contributed by atoms with Crippen LogP contribution in [0.5, 0.6) is 0 Å². The molecule has 0 unspecified atom stereocenters. The lowest BCUT2D eigenvalue weighted by Crippen LogP contribution is -2.32. The molecule has 0 rings (SSSR count). The Morgan fingerprint density at radius 3 is 2.00 bits per heavy atom. The van der Waals surface area contributed by atoms with Crippen molar-refractivity contribution in [2.75, 3.05) is 6.54 Å². The van der Waals surface area contributed by atoms with Crippen molar-refractivity contribution in [2.24, 2.45) is 4.99 Å². The molecule has 0 aliphatic heterocycles. The van der Waals surface area contributed by atoms with Crippen molar-refractivity contribution in [1.82, 2.24) is 0 Å². The summed E-state index contributed by atoms with van der Waals surface area (Å²) in [6.45, 7) is 15.8. The molecular formula is C12H25NO3Si2. The molecule has 0 saturated carbocycles. The van der Waals surface area contributed by atoms with Gasteiger partial charge >= 0.3 is 5.97 Å². The van der Waals surface area contributed by atoms with E-state index in [4.69, 9.17) is 8.85 Å². The highest BCUT2D eigenvalue weighted by molar-refractivity contribution is 6.71. The SMILES string of the molecule is C=CCC(=NCC(=O)O[Si](C)(C)C)O[Si](C)(C)C. The van der Waals surface area contributed by atoms with Gasteiger partial charge in [-0.25, -0.2) is 4.99 Å². The Bertz CT molecular complexity index is 327. The molecule has 104 valence electrons. The molecule has 0 N–H and O–H groups in total. The minimum atomic E-state index is -1.83. The molecule has 0 heterocycles. The number of nitrogens with zero attached hydrogens (tertiary/aromatic N) is 1. The second-order valence-corrected chi connectivity index (χ2v) is 14.9. The molecule has 4 nitrogen and oxygen atoms in total. The zero-order chi connectivity index (χ0) is 14.4. The Balaban J connectivity index is 4.49. The molecule has 0 aromatic carbocycles. The molecule has 0 aliphatic carbocycles. The van der Waals surface area contributed by atoms with Crippen molar-refractivity contribution in [1.29, 1.82) is 0 Å². The number of rotatable bonds is 6. The lowest BCUT2D eigenvalue weighted by molar-refractivity contribution is -0.133. The highest BCUT2D eigenvalue weighted by Gasteiger charge is 2.21. The Morgan fingerprint density at radius 1 is 1.11 bits per heavy atom. The van der Waals surface area contributed by atoms with Gasteiger partial charge in [0.25, 0.3) is 0 Å². The molecule has 0 atom stereocenters. The molecule has 6 heteroatoms.